The molecule has 0 aliphatic carbocycles. The van der Waals surface area contributed by atoms with Gasteiger partial charge >= 0.3 is 10.2 Å². The fraction of sp³-hybridized carbons (Fsp3) is 0.500. The van der Waals surface area contributed by atoms with Crippen molar-refractivity contribution in [1.29, 1.82) is 0 Å². The molecule has 8 heteroatoms. The molecule has 0 fully saturated rings. The van der Waals surface area contributed by atoms with Gasteiger partial charge in [0.05, 0.1) is 6.20 Å². The lowest BCUT2D eigenvalue weighted by Crippen LogP contribution is -2.34. The van der Waals surface area contributed by atoms with Gasteiger partial charge in [0, 0.05) is 26.0 Å². The first-order valence-corrected chi connectivity index (χ1v) is 6.20. The summed E-state index contributed by atoms with van der Waals surface area (Å²) in [6.45, 7) is 0.817. The lowest BCUT2D eigenvalue weighted by molar-refractivity contribution is 0.468. The third kappa shape index (κ3) is 3.72. The number of nitrogens with zero attached hydrogens (tertiary/aromatic N) is 3. The van der Waals surface area contributed by atoms with Crippen molar-refractivity contribution in [3.05, 3.63) is 18.6 Å². The fourth-order valence-corrected chi connectivity index (χ4v) is 1.89. The maximum atomic E-state index is 11.7. The maximum Gasteiger partial charge on any atom is 0.302 e. The Morgan fingerprint density at radius 1 is 1.50 bits per heavy atom. The van der Waals surface area contributed by atoms with Crippen molar-refractivity contribution < 1.29 is 8.42 Å². The van der Waals surface area contributed by atoms with E-state index < -0.39 is 10.2 Å². The summed E-state index contributed by atoms with van der Waals surface area (Å²) in [4.78, 5) is 7.58. The van der Waals surface area contributed by atoms with Crippen molar-refractivity contribution >= 4 is 16.0 Å². The van der Waals surface area contributed by atoms with Crippen LogP contribution in [0.25, 0.3) is 0 Å². The van der Waals surface area contributed by atoms with Crippen LogP contribution in [-0.2, 0) is 10.2 Å². The van der Waals surface area contributed by atoms with Gasteiger partial charge in [0.25, 0.3) is 0 Å². The Kier molecular flexibility index (Phi) is 4.59. The summed E-state index contributed by atoms with van der Waals surface area (Å²) >= 11 is 0. The number of nitrogens with one attached hydrogen (secondary N) is 1. The fourth-order valence-electron chi connectivity index (χ4n) is 0.996. The van der Waals surface area contributed by atoms with Crippen LogP contribution in [0.3, 0.4) is 0 Å². The summed E-state index contributed by atoms with van der Waals surface area (Å²) in [6.07, 6.45) is 4.83. The zero-order chi connectivity index (χ0) is 12.0. The highest BCUT2D eigenvalue weighted by Gasteiger charge is 2.17. The van der Waals surface area contributed by atoms with E-state index in [-0.39, 0.29) is 5.82 Å². The number of aromatic nitrogens is 2. The van der Waals surface area contributed by atoms with Crippen LogP contribution in [0.2, 0.25) is 0 Å². The molecule has 3 N–H and O–H groups in total. The van der Waals surface area contributed by atoms with Crippen LogP contribution < -0.4 is 10.5 Å². The van der Waals surface area contributed by atoms with E-state index in [1.54, 1.807) is 0 Å². The number of anilines is 1. The molecule has 1 aromatic rings. The lowest BCUT2D eigenvalue weighted by atomic mass is 10.4. The summed E-state index contributed by atoms with van der Waals surface area (Å²) in [5.74, 6) is 0.196. The average molecular weight is 245 g/mol. The van der Waals surface area contributed by atoms with Crippen molar-refractivity contribution in [3.8, 4) is 0 Å². The topological polar surface area (TPSA) is 101 Å². The van der Waals surface area contributed by atoms with Gasteiger partial charge in [-0.1, -0.05) is 0 Å². The van der Waals surface area contributed by atoms with Crippen LogP contribution in [0.4, 0.5) is 5.82 Å². The first kappa shape index (κ1) is 12.8. The third-order valence-corrected chi connectivity index (χ3v) is 3.35. The lowest BCUT2D eigenvalue weighted by Gasteiger charge is -2.16. The summed E-state index contributed by atoms with van der Waals surface area (Å²) in [7, 11) is -2.08. The molecule has 0 aliphatic heterocycles. The number of nitrogens with two attached hydrogens (primary N) is 1. The predicted molar refractivity (Wildman–Crippen MR) is 60.9 cm³/mol. The van der Waals surface area contributed by atoms with Crippen LogP contribution in [0.1, 0.15) is 6.42 Å². The molecular weight excluding hydrogens is 230 g/mol. The van der Waals surface area contributed by atoms with Gasteiger partial charge in [0.15, 0.2) is 5.82 Å². The van der Waals surface area contributed by atoms with E-state index in [4.69, 9.17) is 5.73 Å². The molecule has 1 rings (SSSR count). The molecule has 0 saturated carbocycles. The second kappa shape index (κ2) is 5.73. The van der Waals surface area contributed by atoms with Crippen molar-refractivity contribution in [1.82, 2.24) is 14.3 Å². The second-order valence-corrected chi connectivity index (χ2v) is 4.94. The van der Waals surface area contributed by atoms with Crippen LogP contribution >= 0.6 is 0 Å². The van der Waals surface area contributed by atoms with E-state index in [1.807, 2.05) is 0 Å². The molecule has 90 valence electrons. The highest BCUT2D eigenvalue weighted by atomic mass is 32.2. The smallest absolute Gasteiger partial charge is 0.302 e. The summed E-state index contributed by atoms with van der Waals surface area (Å²) in [5, 5.41) is 0. The molecule has 0 aliphatic rings. The van der Waals surface area contributed by atoms with Crippen molar-refractivity contribution in [3.63, 3.8) is 0 Å². The Hall–Kier alpha value is -1.25. The van der Waals surface area contributed by atoms with Crippen molar-refractivity contribution in [2.24, 2.45) is 5.73 Å². The Bertz CT molecular complexity index is 408. The van der Waals surface area contributed by atoms with E-state index >= 15 is 0 Å². The molecule has 16 heavy (non-hydrogen) atoms. The normalized spacial score (nSPS) is 11.7. The Balaban J connectivity index is 2.65. The first-order valence-electron chi connectivity index (χ1n) is 4.76. The standard InChI is InChI=1S/C8H15N5O2S/c1-13(6-2-3-9)16(14,15)12-8-7-10-4-5-11-8/h4-5,7H,2-3,6,9H2,1H3,(H,11,12). The van der Waals surface area contributed by atoms with Gasteiger partial charge in [-0.3, -0.25) is 9.71 Å². The minimum Gasteiger partial charge on any atom is -0.330 e. The predicted octanol–water partition coefficient (Wildman–Crippen LogP) is -0.586. The van der Waals surface area contributed by atoms with Crippen LogP contribution in [0, 0.1) is 0 Å². The molecule has 0 amide bonds. The van der Waals surface area contributed by atoms with Crippen molar-refractivity contribution in [2.75, 3.05) is 24.9 Å². The molecular formula is C8H15N5O2S. The Morgan fingerprint density at radius 3 is 2.81 bits per heavy atom. The molecule has 0 saturated heterocycles. The molecule has 0 unspecified atom stereocenters. The Labute approximate surface area is 94.9 Å². The van der Waals surface area contributed by atoms with Gasteiger partial charge in [-0.05, 0) is 13.0 Å². The minimum absolute atomic E-state index is 0.196. The highest BCUT2D eigenvalue weighted by Crippen LogP contribution is 2.05. The van der Waals surface area contributed by atoms with Crippen LogP contribution in [-0.4, -0.2) is 42.8 Å². The molecule has 1 heterocycles. The molecule has 0 aromatic carbocycles. The second-order valence-electron chi connectivity index (χ2n) is 3.16. The zero-order valence-corrected chi connectivity index (χ0v) is 9.81. The molecule has 0 spiro atoms. The first-order chi connectivity index (χ1) is 7.56. The summed E-state index contributed by atoms with van der Waals surface area (Å²) in [6, 6.07) is 0. The zero-order valence-electron chi connectivity index (χ0n) is 9.00. The van der Waals surface area contributed by atoms with Gasteiger partial charge < -0.3 is 5.73 Å². The van der Waals surface area contributed by atoms with Gasteiger partial charge in [0.1, 0.15) is 0 Å². The minimum atomic E-state index is -3.56. The van der Waals surface area contributed by atoms with Gasteiger partial charge in [0.2, 0.25) is 0 Å². The molecule has 1 aromatic heterocycles. The monoisotopic (exact) mass is 245 g/mol. The molecule has 0 bridgehead atoms. The number of hydrogen-bond acceptors (Lipinski definition) is 5. The largest absolute Gasteiger partial charge is 0.330 e. The van der Waals surface area contributed by atoms with E-state index in [0.717, 1.165) is 0 Å². The SMILES string of the molecule is CN(CCCN)S(=O)(=O)Nc1cnccn1. The average Bonchev–Trinajstić information content (AvgIpc) is 2.26. The van der Waals surface area contributed by atoms with Gasteiger partial charge in [-0.2, -0.15) is 12.7 Å². The van der Waals surface area contributed by atoms with E-state index in [0.29, 0.717) is 19.5 Å². The third-order valence-electron chi connectivity index (χ3n) is 1.88. The van der Waals surface area contributed by atoms with Crippen molar-refractivity contribution in [2.45, 2.75) is 6.42 Å². The molecule has 0 atom stereocenters. The van der Waals surface area contributed by atoms with E-state index in [2.05, 4.69) is 14.7 Å². The maximum absolute atomic E-state index is 11.7. The Morgan fingerprint density at radius 2 is 2.25 bits per heavy atom. The van der Waals surface area contributed by atoms with Crippen LogP contribution in [0.15, 0.2) is 18.6 Å². The molecule has 7 nitrogen and oxygen atoms in total. The van der Waals surface area contributed by atoms with E-state index in [9.17, 15) is 8.42 Å². The summed E-state index contributed by atoms with van der Waals surface area (Å²) < 4.78 is 26.9. The number of hydrogen-bond donors (Lipinski definition) is 2. The molecule has 0 radical (unpaired) electrons. The van der Waals surface area contributed by atoms with Gasteiger partial charge in [-0.25, -0.2) is 4.98 Å². The number of rotatable bonds is 6. The van der Waals surface area contributed by atoms with E-state index in [1.165, 1.54) is 29.9 Å². The summed E-state index contributed by atoms with van der Waals surface area (Å²) in [5.41, 5.74) is 5.31. The van der Waals surface area contributed by atoms with Gasteiger partial charge in [-0.15, -0.1) is 0 Å². The van der Waals surface area contributed by atoms with Crippen LogP contribution in [0.5, 0.6) is 0 Å². The highest BCUT2D eigenvalue weighted by molar-refractivity contribution is 7.90. The quantitative estimate of drug-likeness (QED) is 0.698.